The second-order valence-electron chi connectivity index (χ2n) is 3.27. The van der Waals surface area contributed by atoms with Gasteiger partial charge in [-0.15, -0.1) is 0 Å². The second-order valence-corrected chi connectivity index (χ2v) is 3.65. The Balaban J connectivity index is 3.04. The zero-order valence-electron chi connectivity index (χ0n) is 8.06. The van der Waals surface area contributed by atoms with Gasteiger partial charge in [-0.05, 0) is 18.1 Å². The van der Waals surface area contributed by atoms with Crippen molar-refractivity contribution in [3.05, 3.63) is 28.5 Å². The highest BCUT2D eigenvalue weighted by molar-refractivity contribution is 6.31. The van der Waals surface area contributed by atoms with Crippen LogP contribution >= 0.6 is 11.6 Å². The highest BCUT2D eigenvalue weighted by Gasteiger charge is 2.14. The number of hydrogen-bond donors (Lipinski definition) is 2. The van der Waals surface area contributed by atoms with Gasteiger partial charge in [-0.1, -0.05) is 31.0 Å². The third-order valence-electron chi connectivity index (χ3n) is 2.14. The molecule has 0 fully saturated rings. The van der Waals surface area contributed by atoms with E-state index in [0.29, 0.717) is 5.56 Å². The van der Waals surface area contributed by atoms with E-state index < -0.39 is 5.82 Å². The minimum absolute atomic E-state index is 0.0472. The van der Waals surface area contributed by atoms with Gasteiger partial charge in [-0.25, -0.2) is 4.39 Å². The SMILES string of the molecule is CCC[C@@H](N)c1ccc(N)c(F)c1Cl. The Kier molecular flexibility index (Phi) is 3.72. The zero-order chi connectivity index (χ0) is 10.7. The summed E-state index contributed by atoms with van der Waals surface area (Å²) in [6.45, 7) is 2.02. The van der Waals surface area contributed by atoms with Crippen molar-refractivity contribution in [2.24, 2.45) is 5.73 Å². The third-order valence-corrected chi connectivity index (χ3v) is 2.53. The number of hydrogen-bond acceptors (Lipinski definition) is 2. The number of anilines is 1. The molecule has 0 saturated heterocycles. The number of nitrogen functional groups attached to an aromatic ring is 1. The quantitative estimate of drug-likeness (QED) is 0.764. The molecule has 0 radical (unpaired) electrons. The van der Waals surface area contributed by atoms with Crippen LogP contribution in [0.15, 0.2) is 12.1 Å². The summed E-state index contributed by atoms with van der Waals surface area (Å²) >= 11 is 5.79. The lowest BCUT2D eigenvalue weighted by Gasteiger charge is -2.13. The van der Waals surface area contributed by atoms with Crippen molar-refractivity contribution in [1.82, 2.24) is 0 Å². The lowest BCUT2D eigenvalue weighted by Crippen LogP contribution is -2.11. The molecule has 1 aromatic carbocycles. The van der Waals surface area contributed by atoms with E-state index in [0.717, 1.165) is 12.8 Å². The van der Waals surface area contributed by atoms with Crippen molar-refractivity contribution < 1.29 is 4.39 Å². The Labute approximate surface area is 88.0 Å². The second kappa shape index (κ2) is 4.62. The predicted octanol–water partition coefficient (Wildman–Crippen LogP) is 2.86. The van der Waals surface area contributed by atoms with Gasteiger partial charge < -0.3 is 11.5 Å². The molecule has 78 valence electrons. The van der Waals surface area contributed by atoms with Crippen molar-refractivity contribution in [3.8, 4) is 0 Å². The number of benzene rings is 1. The maximum absolute atomic E-state index is 13.3. The van der Waals surface area contributed by atoms with Crippen LogP contribution in [-0.2, 0) is 0 Å². The molecule has 1 aromatic rings. The van der Waals surface area contributed by atoms with Gasteiger partial charge in [0.05, 0.1) is 10.7 Å². The van der Waals surface area contributed by atoms with Crippen LogP contribution in [0.5, 0.6) is 0 Å². The fourth-order valence-electron chi connectivity index (χ4n) is 1.33. The first-order valence-corrected chi connectivity index (χ1v) is 4.94. The van der Waals surface area contributed by atoms with Crippen LogP contribution in [0.1, 0.15) is 31.4 Å². The summed E-state index contributed by atoms with van der Waals surface area (Å²) in [5.41, 5.74) is 11.9. The highest BCUT2D eigenvalue weighted by Crippen LogP contribution is 2.29. The maximum Gasteiger partial charge on any atom is 0.164 e. The van der Waals surface area contributed by atoms with Crippen molar-refractivity contribution in [1.29, 1.82) is 0 Å². The molecule has 2 nitrogen and oxygen atoms in total. The molecule has 1 atom stereocenters. The fourth-order valence-corrected chi connectivity index (χ4v) is 1.64. The Morgan fingerprint density at radius 3 is 2.71 bits per heavy atom. The molecule has 4 N–H and O–H groups in total. The molecule has 4 heteroatoms. The molecule has 0 spiro atoms. The van der Waals surface area contributed by atoms with Gasteiger partial charge in [-0.2, -0.15) is 0 Å². The van der Waals surface area contributed by atoms with Gasteiger partial charge in [0.15, 0.2) is 5.82 Å². The third kappa shape index (κ3) is 2.16. The van der Waals surface area contributed by atoms with Gasteiger partial charge >= 0.3 is 0 Å². The summed E-state index contributed by atoms with van der Waals surface area (Å²) in [6.07, 6.45) is 1.71. The minimum Gasteiger partial charge on any atom is -0.396 e. The molecule has 0 aromatic heterocycles. The molecular formula is C10H14ClFN2. The number of nitrogens with two attached hydrogens (primary N) is 2. The molecule has 0 unspecified atom stereocenters. The van der Waals surface area contributed by atoms with Gasteiger partial charge in [-0.3, -0.25) is 0 Å². The Morgan fingerprint density at radius 1 is 1.50 bits per heavy atom. The van der Waals surface area contributed by atoms with E-state index >= 15 is 0 Å². The lowest BCUT2D eigenvalue weighted by atomic mass is 10.0. The van der Waals surface area contributed by atoms with Gasteiger partial charge in [0.1, 0.15) is 0 Å². The Hall–Kier alpha value is -0.800. The van der Waals surface area contributed by atoms with Gasteiger partial charge in [0.25, 0.3) is 0 Å². The summed E-state index contributed by atoms with van der Waals surface area (Å²) in [7, 11) is 0. The van der Waals surface area contributed by atoms with E-state index in [9.17, 15) is 4.39 Å². The van der Waals surface area contributed by atoms with Crippen molar-refractivity contribution in [3.63, 3.8) is 0 Å². The zero-order valence-corrected chi connectivity index (χ0v) is 8.81. The number of rotatable bonds is 3. The van der Waals surface area contributed by atoms with E-state index in [2.05, 4.69) is 0 Å². The first kappa shape index (κ1) is 11.3. The van der Waals surface area contributed by atoms with E-state index in [1.807, 2.05) is 6.92 Å². The molecule has 0 bridgehead atoms. The van der Waals surface area contributed by atoms with Crippen LogP contribution < -0.4 is 11.5 Å². The van der Waals surface area contributed by atoms with Crippen LogP contribution in [0.3, 0.4) is 0 Å². The smallest absolute Gasteiger partial charge is 0.164 e. The topological polar surface area (TPSA) is 52.0 Å². The lowest BCUT2D eigenvalue weighted by molar-refractivity contribution is 0.609. The largest absolute Gasteiger partial charge is 0.396 e. The van der Waals surface area contributed by atoms with Crippen LogP contribution in [-0.4, -0.2) is 0 Å². The van der Waals surface area contributed by atoms with Crippen LogP contribution in [0.2, 0.25) is 5.02 Å². The predicted molar refractivity (Wildman–Crippen MR) is 57.7 cm³/mol. The summed E-state index contributed by atoms with van der Waals surface area (Å²) in [6, 6.07) is 2.95. The highest BCUT2D eigenvalue weighted by atomic mass is 35.5. The van der Waals surface area contributed by atoms with E-state index in [1.54, 1.807) is 6.07 Å². The van der Waals surface area contributed by atoms with Crippen molar-refractivity contribution in [2.45, 2.75) is 25.8 Å². The first-order chi connectivity index (χ1) is 6.57. The molecule has 0 amide bonds. The summed E-state index contributed by atoms with van der Waals surface area (Å²) in [5.74, 6) is -0.573. The summed E-state index contributed by atoms with van der Waals surface area (Å²) in [4.78, 5) is 0. The average Bonchev–Trinajstić information content (AvgIpc) is 2.15. The van der Waals surface area contributed by atoms with E-state index in [4.69, 9.17) is 23.1 Å². The minimum atomic E-state index is -0.573. The van der Waals surface area contributed by atoms with E-state index in [-0.39, 0.29) is 16.8 Å². The molecule has 14 heavy (non-hydrogen) atoms. The van der Waals surface area contributed by atoms with Crippen LogP contribution in [0.4, 0.5) is 10.1 Å². The molecule has 0 saturated carbocycles. The molecule has 1 rings (SSSR count). The maximum atomic E-state index is 13.3. The Bertz CT molecular complexity index is 328. The van der Waals surface area contributed by atoms with Gasteiger partial charge in [0, 0.05) is 6.04 Å². The fraction of sp³-hybridized carbons (Fsp3) is 0.400. The summed E-state index contributed by atoms with van der Waals surface area (Å²) in [5, 5.41) is 0.0472. The molecular weight excluding hydrogens is 203 g/mol. The van der Waals surface area contributed by atoms with Crippen LogP contribution in [0.25, 0.3) is 0 Å². The summed E-state index contributed by atoms with van der Waals surface area (Å²) < 4.78 is 13.3. The van der Waals surface area contributed by atoms with Crippen LogP contribution in [0, 0.1) is 5.82 Å². The van der Waals surface area contributed by atoms with Crippen molar-refractivity contribution >= 4 is 17.3 Å². The van der Waals surface area contributed by atoms with Gasteiger partial charge in [0.2, 0.25) is 0 Å². The normalized spacial score (nSPS) is 12.9. The van der Waals surface area contributed by atoms with Crippen molar-refractivity contribution in [2.75, 3.05) is 5.73 Å². The Morgan fingerprint density at radius 2 is 2.14 bits per heavy atom. The molecule has 0 aliphatic heterocycles. The first-order valence-electron chi connectivity index (χ1n) is 4.56. The van der Waals surface area contributed by atoms with E-state index in [1.165, 1.54) is 6.07 Å². The molecule has 0 heterocycles. The average molecular weight is 217 g/mol. The number of halogens is 2. The molecule has 0 aliphatic rings. The standard InChI is InChI=1S/C10H14ClFN2/c1-2-3-7(13)6-4-5-8(14)10(12)9(6)11/h4-5,7H,2-3,13-14H2,1H3/t7-/m1/s1. The molecule has 0 aliphatic carbocycles. The monoisotopic (exact) mass is 216 g/mol.